The maximum Gasteiger partial charge on any atom is 0.123 e. The lowest BCUT2D eigenvalue weighted by Gasteiger charge is -2.36. The van der Waals surface area contributed by atoms with Gasteiger partial charge in [-0.15, -0.1) is 0 Å². The Hall–Kier alpha value is -1.39. The molecule has 0 aromatic heterocycles. The molecule has 0 spiro atoms. The average molecular weight is 277 g/mol. The molecule has 1 aromatic carbocycles. The van der Waals surface area contributed by atoms with Gasteiger partial charge in [0.25, 0.3) is 0 Å². The second-order valence-electron chi connectivity index (χ2n) is 5.27. The lowest BCUT2D eigenvalue weighted by Crippen LogP contribution is -2.47. The van der Waals surface area contributed by atoms with Gasteiger partial charge < -0.3 is 10.2 Å². The molecule has 3 nitrogen and oxygen atoms in total. The summed E-state index contributed by atoms with van der Waals surface area (Å²) in [6.07, 6.45) is 0. The predicted molar refractivity (Wildman–Crippen MR) is 82.7 cm³/mol. The minimum atomic E-state index is -0.174. The van der Waals surface area contributed by atoms with Crippen molar-refractivity contribution in [1.82, 2.24) is 10.2 Å². The fourth-order valence-corrected chi connectivity index (χ4v) is 2.49. The number of nitrogens with zero attached hydrogens (tertiary/aromatic N) is 2. The molecule has 1 saturated heterocycles. The molecular formula is C16H24FN3. The third-order valence-electron chi connectivity index (χ3n) is 3.64. The largest absolute Gasteiger partial charge is 0.369 e. The van der Waals surface area contributed by atoms with Crippen LogP contribution in [0.1, 0.15) is 6.92 Å². The molecule has 0 unspecified atom stereocenters. The van der Waals surface area contributed by atoms with Gasteiger partial charge in [-0.2, -0.15) is 0 Å². The Kier molecular flexibility index (Phi) is 5.56. The highest BCUT2D eigenvalue weighted by Crippen LogP contribution is 2.17. The molecule has 1 aliphatic rings. The molecule has 20 heavy (non-hydrogen) atoms. The lowest BCUT2D eigenvalue weighted by molar-refractivity contribution is 0.276. The topological polar surface area (TPSA) is 18.5 Å². The van der Waals surface area contributed by atoms with Gasteiger partial charge in [0.05, 0.1) is 0 Å². The third kappa shape index (κ3) is 4.32. The fourth-order valence-electron chi connectivity index (χ4n) is 2.49. The predicted octanol–water partition coefficient (Wildman–Crippen LogP) is 2.11. The maximum absolute atomic E-state index is 12.9. The zero-order chi connectivity index (χ0) is 14.4. The SMILES string of the molecule is C=C(CNCC)CN1CCN(c2ccc(F)cc2)CC1. The van der Waals surface area contributed by atoms with Gasteiger partial charge in [0.2, 0.25) is 0 Å². The van der Waals surface area contributed by atoms with Crippen molar-refractivity contribution in [1.29, 1.82) is 0 Å². The van der Waals surface area contributed by atoms with Crippen molar-refractivity contribution >= 4 is 5.69 Å². The molecule has 0 amide bonds. The van der Waals surface area contributed by atoms with Crippen LogP contribution in [0.2, 0.25) is 0 Å². The van der Waals surface area contributed by atoms with E-state index in [1.54, 1.807) is 0 Å². The van der Waals surface area contributed by atoms with Crippen molar-refractivity contribution in [2.24, 2.45) is 0 Å². The van der Waals surface area contributed by atoms with Gasteiger partial charge in [-0.1, -0.05) is 13.5 Å². The number of hydrogen-bond donors (Lipinski definition) is 1. The normalized spacial score (nSPS) is 16.4. The molecule has 1 aromatic rings. The van der Waals surface area contributed by atoms with E-state index in [1.807, 2.05) is 12.1 Å². The van der Waals surface area contributed by atoms with E-state index in [9.17, 15) is 4.39 Å². The molecule has 1 heterocycles. The summed E-state index contributed by atoms with van der Waals surface area (Å²) in [5.74, 6) is -0.174. The van der Waals surface area contributed by atoms with Crippen LogP contribution in [-0.2, 0) is 0 Å². The fraction of sp³-hybridized carbons (Fsp3) is 0.500. The molecule has 0 radical (unpaired) electrons. The van der Waals surface area contributed by atoms with E-state index in [0.717, 1.165) is 51.5 Å². The molecule has 0 saturated carbocycles. The molecule has 1 aliphatic heterocycles. The van der Waals surface area contributed by atoms with Crippen molar-refractivity contribution < 1.29 is 4.39 Å². The Bertz CT molecular complexity index is 422. The zero-order valence-corrected chi connectivity index (χ0v) is 12.2. The second-order valence-corrected chi connectivity index (χ2v) is 5.27. The van der Waals surface area contributed by atoms with Crippen LogP contribution in [0.4, 0.5) is 10.1 Å². The Balaban J connectivity index is 1.77. The number of benzene rings is 1. The van der Waals surface area contributed by atoms with Crippen LogP contribution in [0.25, 0.3) is 0 Å². The minimum absolute atomic E-state index is 0.174. The number of rotatable bonds is 6. The summed E-state index contributed by atoms with van der Waals surface area (Å²) in [5.41, 5.74) is 2.35. The summed E-state index contributed by atoms with van der Waals surface area (Å²) in [4.78, 5) is 4.74. The van der Waals surface area contributed by atoms with Crippen LogP contribution < -0.4 is 10.2 Å². The second kappa shape index (κ2) is 7.41. The van der Waals surface area contributed by atoms with Gasteiger partial charge in [0.1, 0.15) is 5.82 Å². The Labute approximate surface area is 121 Å². The minimum Gasteiger partial charge on any atom is -0.369 e. The highest BCUT2D eigenvalue weighted by atomic mass is 19.1. The summed E-state index contributed by atoms with van der Waals surface area (Å²) in [6.45, 7) is 13.1. The maximum atomic E-state index is 12.9. The van der Waals surface area contributed by atoms with E-state index < -0.39 is 0 Å². The monoisotopic (exact) mass is 277 g/mol. The van der Waals surface area contributed by atoms with Gasteiger partial charge in [-0.3, -0.25) is 4.90 Å². The smallest absolute Gasteiger partial charge is 0.123 e. The van der Waals surface area contributed by atoms with Gasteiger partial charge >= 0.3 is 0 Å². The van der Waals surface area contributed by atoms with Crippen LogP contribution in [0.15, 0.2) is 36.4 Å². The van der Waals surface area contributed by atoms with Crippen molar-refractivity contribution in [3.05, 3.63) is 42.2 Å². The van der Waals surface area contributed by atoms with Gasteiger partial charge in [0.15, 0.2) is 0 Å². The first kappa shape index (κ1) is 15.0. The van der Waals surface area contributed by atoms with Crippen LogP contribution in [-0.4, -0.2) is 50.7 Å². The molecule has 2 rings (SSSR count). The zero-order valence-electron chi connectivity index (χ0n) is 12.2. The van der Waals surface area contributed by atoms with Crippen LogP contribution in [0.3, 0.4) is 0 Å². The Morgan fingerprint density at radius 3 is 2.45 bits per heavy atom. The summed E-state index contributed by atoms with van der Waals surface area (Å²) in [6, 6.07) is 6.77. The van der Waals surface area contributed by atoms with Crippen molar-refractivity contribution in [2.75, 3.05) is 50.7 Å². The van der Waals surface area contributed by atoms with Crippen LogP contribution >= 0.6 is 0 Å². The molecular weight excluding hydrogens is 253 g/mol. The number of halogens is 1. The summed E-state index contributed by atoms with van der Waals surface area (Å²) >= 11 is 0. The van der Waals surface area contributed by atoms with E-state index in [0.29, 0.717) is 0 Å². The molecule has 0 aliphatic carbocycles. The number of hydrogen-bond acceptors (Lipinski definition) is 3. The molecule has 4 heteroatoms. The van der Waals surface area contributed by atoms with Gasteiger partial charge in [-0.05, 0) is 36.4 Å². The number of anilines is 1. The van der Waals surface area contributed by atoms with E-state index in [2.05, 4.69) is 28.6 Å². The van der Waals surface area contributed by atoms with Gasteiger partial charge in [-0.25, -0.2) is 4.39 Å². The van der Waals surface area contributed by atoms with E-state index >= 15 is 0 Å². The highest BCUT2D eigenvalue weighted by Gasteiger charge is 2.17. The first-order chi connectivity index (χ1) is 9.69. The van der Waals surface area contributed by atoms with E-state index in [-0.39, 0.29) is 5.82 Å². The average Bonchev–Trinajstić information content (AvgIpc) is 2.47. The number of piperazine rings is 1. The lowest BCUT2D eigenvalue weighted by atomic mass is 10.2. The molecule has 1 fully saturated rings. The molecule has 0 atom stereocenters. The van der Waals surface area contributed by atoms with Crippen LogP contribution in [0.5, 0.6) is 0 Å². The van der Waals surface area contributed by atoms with Crippen molar-refractivity contribution in [3.63, 3.8) is 0 Å². The van der Waals surface area contributed by atoms with E-state index in [4.69, 9.17) is 0 Å². The van der Waals surface area contributed by atoms with Crippen molar-refractivity contribution in [3.8, 4) is 0 Å². The molecule has 0 bridgehead atoms. The molecule has 1 N–H and O–H groups in total. The summed E-state index contributed by atoms with van der Waals surface area (Å²) < 4.78 is 12.9. The third-order valence-corrected chi connectivity index (χ3v) is 3.64. The Morgan fingerprint density at radius 2 is 1.85 bits per heavy atom. The quantitative estimate of drug-likeness (QED) is 0.804. The highest BCUT2D eigenvalue weighted by molar-refractivity contribution is 5.46. The first-order valence-electron chi connectivity index (χ1n) is 7.29. The Morgan fingerprint density at radius 1 is 1.20 bits per heavy atom. The van der Waals surface area contributed by atoms with Gasteiger partial charge in [0, 0.05) is 45.0 Å². The standard InChI is InChI=1S/C16H24FN3/c1-3-18-12-14(2)13-19-8-10-20(11-9-19)16-6-4-15(17)5-7-16/h4-7,18H,2-3,8-13H2,1H3. The first-order valence-corrected chi connectivity index (χ1v) is 7.29. The van der Waals surface area contributed by atoms with Crippen LogP contribution in [0, 0.1) is 5.82 Å². The number of likely N-dealkylation sites (N-methyl/N-ethyl adjacent to an activating group) is 1. The van der Waals surface area contributed by atoms with Crippen molar-refractivity contribution in [2.45, 2.75) is 6.92 Å². The number of nitrogens with one attached hydrogen (secondary N) is 1. The molecule has 110 valence electrons. The summed E-state index contributed by atoms with van der Waals surface area (Å²) in [5, 5.41) is 3.31. The van der Waals surface area contributed by atoms with E-state index in [1.165, 1.54) is 17.7 Å². The summed E-state index contributed by atoms with van der Waals surface area (Å²) in [7, 11) is 0.